The number of hydrogen-bond donors (Lipinski definition) is 0. The molecule has 0 atom stereocenters. The van der Waals surface area contributed by atoms with Gasteiger partial charge in [0.15, 0.2) is 0 Å². The first-order valence-corrected chi connectivity index (χ1v) is 12.9. The molecule has 0 aliphatic rings. The molecular formula is C34H24ClN6Ru+. The van der Waals surface area contributed by atoms with Crippen molar-refractivity contribution in [2.24, 2.45) is 0 Å². The summed E-state index contributed by atoms with van der Waals surface area (Å²) >= 11 is 0. The van der Waals surface area contributed by atoms with Crippen LogP contribution in [0.25, 0.3) is 55.0 Å². The fraction of sp³-hybridized carbons (Fsp3) is 0. The van der Waals surface area contributed by atoms with Crippen molar-refractivity contribution >= 4 is 43.6 Å². The van der Waals surface area contributed by atoms with Crippen LogP contribution in [0.15, 0.2) is 146 Å². The molecule has 0 bridgehead atoms. The van der Waals surface area contributed by atoms with Gasteiger partial charge in [-0.2, -0.15) is 0 Å². The Morgan fingerprint density at radius 3 is 0.833 bits per heavy atom. The van der Waals surface area contributed by atoms with E-state index in [1.165, 1.54) is 0 Å². The van der Waals surface area contributed by atoms with Gasteiger partial charge in [0.25, 0.3) is 0 Å². The van der Waals surface area contributed by atoms with Crippen LogP contribution >= 0.6 is 0 Å². The zero-order valence-electron chi connectivity index (χ0n) is 22.3. The average Bonchev–Trinajstić information content (AvgIpc) is 3.06. The van der Waals surface area contributed by atoms with E-state index in [0.717, 1.165) is 55.0 Å². The van der Waals surface area contributed by atoms with Crippen molar-refractivity contribution in [3.8, 4) is 11.4 Å². The Morgan fingerprint density at radius 2 is 0.571 bits per heavy atom. The fourth-order valence-corrected chi connectivity index (χ4v) is 4.39. The maximum Gasteiger partial charge on any atom is 2.00 e. The van der Waals surface area contributed by atoms with Gasteiger partial charge in [0.1, 0.15) is 0 Å². The molecular weight excluding hydrogens is 629 g/mol. The predicted molar refractivity (Wildman–Crippen MR) is 162 cm³/mol. The molecule has 0 aliphatic heterocycles. The van der Waals surface area contributed by atoms with Crippen molar-refractivity contribution in [3.05, 3.63) is 146 Å². The van der Waals surface area contributed by atoms with Crippen LogP contribution in [0, 0.1) is 0 Å². The maximum atomic E-state index is 4.35. The van der Waals surface area contributed by atoms with E-state index in [9.17, 15) is 0 Å². The molecule has 6 aromatic heterocycles. The second-order valence-electron chi connectivity index (χ2n) is 8.86. The van der Waals surface area contributed by atoms with E-state index in [4.69, 9.17) is 0 Å². The molecule has 0 saturated carbocycles. The summed E-state index contributed by atoms with van der Waals surface area (Å²) < 4.78 is 0. The zero-order chi connectivity index (χ0) is 27.0. The first-order valence-electron chi connectivity index (χ1n) is 12.9. The monoisotopic (exact) mass is 653 g/mol. The first-order chi connectivity index (χ1) is 19.9. The molecule has 6 nitrogen and oxygen atoms in total. The summed E-state index contributed by atoms with van der Waals surface area (Å²) in [5, 5.41) is 4.55. The van der Waals surface area contributed by atoms with E-state index >= 15 is 0 Å². The van der Waals surface area contributed by atoms with E-state index in [0.29, 0.717) is 0 Å². The number of hydrogen-bond acceptors (Lipinski definition) is 6. The Hall–Kier alpha value is -4.71. The van der Waals surface area contributed by atoms with Crippen molar-refractivity contribution in [2.45, 2.75) is 0 Å². The molecule has 8 heteroatoms. The van der Waals surface area contributed by atoms with Crippen LogP contribution in [-0.4, -0.2) is 29.9 Å². The van der Waals surface area contributed by atoms with Gasteiger partial charge in [-0.05, 0) is 48.5 Å². The van der Waals surface area contributed by atoms with Gasteiger partial charge in [-0.3, -0.25) is 29.9 Å². The average molecular weight is 653 g/mol. The molecule has 42 heavy (non-hydrogen) atoms. The largest absolute Gasteiger partial charge is 2.00 e. The number of nitrogens with zero attached hydrogens (tertiary/aromatic N) is 6. The van der Waals surface area contributed by atoms with E-state index in [2.05, 4.69) is 78.4 Å². The fourth-order valence-electron chi connectivity index (χ4n) is 4.39. The summed E-state index contributed by atoms with van der Waals surface area (Å²) in [5.74, 6) is 0. The van der Waals surface area contributed by atoms with Gasteiger partial charge in [-0.15, -0.1) is 0 Å². The van der Waals surface area contributed by atoms with E-state index in [1.807, 2.05) is 60.7 Å². The molecule has 0 spiro atoms. The van der Waals surface area contributed by atoms with Crippen LogP contribution < -0.4 is 12.4 Å². The number of halogens is 1. The summed E-state index contributed by atoms with van der Waals surface area (Å²) in [7, 11) is 0. The Morgan fingerprint density at radius 1 is 0.286 bits per heavy atom. The number of benzene rings is 2. The minimum absolute atomic E-state index is 0. The molecule has 0 unspecified atom stereocenters. The topological polar surface area (TPSA) is 77.3 Å². The number of fused-ring (bicyclic) bond motifs is 6. The molecule has 0 saturated heterocycles. The second-order valence-corrected chi connectivity index (χ2v) is 8.86. The molecule has 0 aliphatic carbocycles. The van der Waals surface area contributed by atoms with Crippen LogP contribution in [-0.2, 0) is 19.5 Å². The van der Waals surface area contributed by atoms with Gasteiger partial charge in [-0.25, -0.2) is 0 Å². The first kappa shape index (κ1) is 30.3. The quantitative estimate of drug-likeness (QED) is 0.189. The van der Waals surface area contributed by atoms with Gasteiger partial charge in [0.05, 0.1) is 33.5 Å². The van der Waals surface area contributed by atoms with E-state index in [-0.39, 0.29) is 31.9 Å². The normalized spacial score (nSPS) is 10.0. The Kier molecular flexibility index (Phi) is 10.7. The molecule has 0 N–H and O–H groups in total. The summed E-state index contributed by atoms with van der Waals surface area (Å²) in [6.45, 7) is 0. The Bertz CT molecular complexity index is 1770. The van der Waals surface area contributed by atoms with Gasteiger partial charge in [0, 0.05) is 58.7 Å². The van der Waals surface area contributed by atoms with Gasteiger partial charge in [0.2, 0.25) is 0 Å². The van der Waals surface area contributed by atoms with Crippen LogP contribution in [0.2, 0.25) is 0 Å². The molecule has 8 rings (SSSR count). The number of rotatable bonds is 1. The molecule has 2 aromatic carbocycles. The SMILES string of the molecule is [Cl-].[Ru+2].c1ccc(-c2ccccn2)nc1.c1cnc2c(c1)ccc1cccnc12.c1cnc2c(c1)ccc1cccnc12. The third-order valence-corrected chi connectivity index (χ3v) is 6.28. The third kappa shape index (κ3) is 6.95. The third-order valence-electron chi connectivity index (χ3n) is 6.28. The minimum atomic E-state index is 0. The summed E-state index contributed by atoms with van der Waals surface area (Å²) in [6, 6.07) is 35.9. The van der Waals surface area contributed by atoms with Crippen molar-refractivity contribution in [2.75, 3.05) is 0 Å². The number of pyridine rings is 6. The second kappa shape index (κ2) is 14.8. The van der Waals surface area contributed by atoms with Crippen molar-refractivity contribution in [1.29, 1.82) is 0 Å². The molecule has 0 fully saturated rings. The van der Waals surface area contributed by atoms with E-state index in [1.54, 1.807) is 37.2 Å². The minimum Gasteiger partial charge on any atom is -1.00 e. The Labute approximate surface area is 262 Å². The van der Waals surface area contributed by atoms with Crippen LogP contribution in [0.5, 0.6) is 0 Å². The molecule has 0 radical (unpaired) electrons. The molecule has 0 amide bonds. The Balaban J connectivity index is 0.000000142. The predicted octanol–water partition coefficient (Wildman–Crippen LogP) is 4.71. The van der Waals surface area contributed by atoms with Crippen LogP contribution in [0.1, 0.15) is 0 Å². The van der Waals surface area contributed by atoms with Crippen molar-refractivity contribution in [3.63, 3.8) is 0 Å². The standard InChI is InChI=1S/2C12H8N2.C10H8N2.ClH.Ru/c2*1-3-9-5-6-10-4-2-8-14-12(10)11(9)13-7-1;1-3-7-11-9(5-1)10-6-2-4-8-12-10;;/h2*1-8H;1-8H;1H;/q;;;;+2/p-1. The molecule has 6 heterocycles. The number of aromatic nitrogens is 6. The van der Waals surface area contributed by atoms with Crippen LogP contribution in [0.3, 0.4) is 0 Å². The van der Waals surface area contributed by atoms with Gasteiger partial charge in [-0.1, -0.05) is 60.7 Å². The summed E-state index contributed by atoms with van der Waals surface area (Å²) in [4.78, 5) is 25.8. The van der Waals surface area contributed by atoms with Crippen molar-refractivity contribution < 1.29 is 31.9 Å². The molecule has 8 aromatic rings. The van der Waals surface area contributed by atoms with Gasteiger partial charge < -0.3 is 12.4 Å². The van der Waals surface area contributed by atoms with E-state index < -0.39 is 0 Å². The zero-order valence-corrected chi connectivity index (χ0v) is 24.8. The summed E-state index contributed by atoms with van der Waals surface area (Å²) in [5.41, 5.74) is 5.74. The maximum absolute atomic E-state index is 4.35. The smallest absolute Gasteiger partial charge is 1.00 e. The summed E-state index contributed by atoms with van der Waals surface area (Å²) in [6.07, 6.45) is 10.7. The molecule has 204 valence electrons. The van der Waals surface area contributed by atoms with Crippen LogP contribution in [0.4, 0.5) is 0 Å². The van der Waals surface area contributed by atoms with Gasteiger partial charge >= 0.3 is 19.5 Å². The van der Waals surface area contributed by atoms with Crippen molar-refractivity contribution in [1.82, 2.24) is 29.9 Å².